The van der Waals surface area contributed by atoms with Crippen LogP contribution in [0.5, 0.6) is 0 Å². The molecule has 1 aliphatic rings. The van der Waals surface area contributed by atoms with E-state index in [1.54, 1.807) is 24.8 Å². The van der Waals surface area contributed by atoms with Crippen molar-refractivity contribution in [3.05, 3.63) is 132 Å². The molecule has 0 radical (unpaired) electrons. The second-order valence-electron chi connectivity index (χ2n) is 12.7. The molecule has 2 heterocycles. The fourth-order valence-electron chi connectivity index (χ4n) is 6.26. The van der Waals surface area contributed by atoms with Crippen molar-refractivity contribution in [1.82, 2.24) is 19.9 Å². The molecule has 5 rings (SSSR count). The number of aromatic nitrogens is 4. The predicted octanol–water partition coefficient (Wildman–Crippen LogP) is 8.63. The van der Waals surface area contributed by atoms with E-state index in [0.29, 0.717) is 0 Å². The molecule has 2 aromatic carbocycles. The minimum Gasteiger partial charge on any atom is -0.261 e. The van der Waals surface area contributed by atoms with Crippen molar-refractivity contribution in [3.8, 4) is 0 Å². The molecule has 4 nitrogen and oxygen atoms in total. The van der Waals surface area contributed by atoms with Crippen LogP contribution < -0.4 is 0 Å². The summed E-state index contributed by atoms with van der Waals surface area (Å²) in [7, 11) is 2.72. The van der Waals surface area contributed by atoms with Crippen molar-refractivity contribution in [2.45, 2.75) is 57.0 Å². The second kappa shape index (κ2) is 11.7. The van der Waals surface area contributed by atoms with Gasteiger partial charge in [-0.3, -0.25) is 19.9 Å². The molecular weight excluding hydrogens is 538 g/mol. The highest BCUT2D eigenvalue weighted by molar-refractivity contribution is 7.60. The van der Waals surface area contributed by atoms with Crippen molar-refractivity contribution in [2.24, 2.45) is 5.92 Å². The van der Waals surface area contributed by atoms with E-state index < -0.39 is 13.1 Å². The summed E-state index contributed by atoms with van der Waals surface area (Å²) >= 11 is 0. The summed E-state index contributed by atoms with van der Waals surface area (Å²) in [5.41, 5.74) is 8.06. The number of hydrogen-bond acceptors (Lipinski definition) is 4. The fourth-order valence-corrected chi connectivity index (χ4v) is 10.7. The Morgan fingerprint density at radius 2 is 1.17 bits per heavy atom. The maximum absolute atomic E-state index is 4.87. The number of benzene rings is 2. The highest BCUT2D eigenvalue weighted by atomic mass is 31.1. The van der Waals surface area contributed by atoms with Crippen LogP contribution in [-0.4, -0.2) is 36.4 Å². The average Bonchev–Trinajstić information content (AvgIpc) is 3.36. The minimum atomic E-state index is -0.708. The fraction of sp³-hybridized carbons (Fsp3) is 0.314. The van der Waals surface area contributed by atoms with Gasteiger partial charge in [-0.2, -0.15) is 0 Å². The molecule has 210 valence electrons. The number of allylic oxidation sites excluding steroid dienone is 4. The average molecular weight is 579 g/mol. The molecule has 0 aliphatic heterocycles. The third-order valence-electron chi connectivity index (χ3n) is 7.86. The molecule has 0 bridgehead atoms. The topological polar surface area (TPSA) is 51.6 Å². The lowest BCUT2D eigenvalue weighted by Crippen LogP contribution is -2.34. The van der Waals surface area contributed by atoms with E-state index in [2.05, 4.69) is 127 Å². The standard InChI is InChI=1S/C35H40N4P2/c1-33(2,3)41(34(4,5)6)24-28-29(35(40,30-22-36-17-19-38-30)31-23-37-18-20-39-31)21-27(25-13-9-7-10-14-25)32(28)26-15-11-8-12-16-26/h7-23,28H,24,40H2,1-6H3. The summed E-state index contributed by atoms with van der Waals surface area (Å²) in [5, 5.41) is -0.377. The Morgan fingerprint density at radius 1 is 0.683 bits per heavy atom. The molecule has 6 heteroatoms. The van der Waals surface area contributed by atoms with Crippen LogP contribution in [0, 0.1) is 5.92 Å². The van der Waals surface area contributed by atoms with Gasteiger partial charge in [0.15, 0.2) is 0 Å². The van der Waals surface area contributed by atoms with Crippen molar-refractivity contribution in [2.75, 3.05) is 6.16 Å². The van der Waals surface area contributed by atoms with Gasteiger partial charge in [-0.25, -0.2) is 0 Å². The summed E-state index contributed by atoms with van der Waals surface area (Å²) in [6.45, 7) is 14.4. The lowest BCUT2D eigenvalue weighted by molar-refractivity contribution is 0.669. The maximum Gasteiger partial charge on any atom is 0.0934 e. The first-order valence-electron chi connectivity index (χ1n) is 14.2. The lowest BCUT2D eigenvalue weighted by Gasteiger charge is -2.45. The zero-order valence-electron chi connectivity index (χ0n) is 24.9. The summed E-state index contributed by atoms with van der Waals surface area (Å²) in [5.74, 6) is 0.138. The monoisotopic (exact) mass is 578 g/mol. The summed E-state index contributed by atoms with van der Waals surface area (Å²) < 4.78 is 0. The Labute approximate surface area is 248 Å². The molecule has 0 saturated heterocycles. The molecule has 0 fully saturated rings. The first kappa shape index (κ1) is 29.4. The number of nitrogens with zero attached hydrogens (tertiary/aromatic N) is 4. The Bertz CT molecular complexity index is 1470. The number of hydrogen-bond donors (Lipinski definition) is 0. The minimum absolute atomic E-state index is 0.138. The third kappa shape index (κ3) is 5.97. The first-order valence-corrected chi connectivity index (χ1v) is 16.3. The molecule has 41 heavy (non-hydrogen) atoms. The van der Waals surface area contributed by atoms with Gasteiger partial charge in [0.25, 0.3) is 0 Å². The normalized spacial score (nSPS) is 16.3. The first-order chi connectivity index (χ1) is 19.5. The molecule has 0 amide bonds. The van der Waals surface area contributed by atoms with E-state index in [1.807, 2.05) is 12.4 Å². The van der Waals surface area contributed by atoms with Gasteiger partial charge in [0, 0.05) is 30.7 Å². The molecule has 0 N–H and O–H groups in total. The van der Waals surface area contributed by atoms with E-state index in [9.17, 15) is 0 Å². The van der Waals surface area contributed by atoms with Crippen molar-refractivity contribution in [1.29, 1.82) is 0 Å². The Hall–Kier alpha value is -3.06. The van der Waals surface area contributed by atoms with Crippen molar-refractivity contribution in [3.63, 3.8) is 0 Å². The summed E-state index contributed by atoms with van der Waals surface area (Å²) in [6, 6.07) is 21.7. The van der Waals surface area contributed by atoms with E-state index in [-0.39, 0.29) is 16.2 Å². The number of rotatable bonds is 7. The van der Waals surface area contributed by atoms with Crippen LogP contribution in [0.1, 0.15) is 64.1 Å². The summed E-state index contributed by atoms with van der Waals surface area (Å²) in [4.78, 5) is 18.8. The van der Waals surface area contributed by atoms with Gasteiger partial charge >= 0.3 is 0 Å². The van der Waals surface area contributed by atoms with Gasteiger partial charge in [0.2, 0.25) is 0 Å². The van der Waals surface area contributed by atoms with Crippen LogP contribution in [0.2, 0.25) is 0 Å². The molecule has 2 atom stereocenters. The summed E-state index contributed by atoms with van der Waals surface area (Å²) in [6.07, 6.45) is 14.2. The van der Waals surface area contributed by atoms with E-state index in [4.69, 9.17) is 9.97 Å². The van der Waals surface area contributed by atoms with Gasteiger partial charge in [-0.15, -0.1) is 9.24 Å². The van der Waals surface area contributed by atoms with E-state index in [1.165, 1.54) is 27.8 Å². The van der Waals surface area contributed by atoms with Crippen molar-refractivity contribution < 1.29 is 0 Å². The highest BCUT2D eigenvalue weighted by Gasteiger charge is 2.47. The van der Waals surface area contributed by atoms with E-state index in [0.717, 1.165) is 17.5 Å². The molecule has 2 aromatic heterocycles. The third-order valence-corrected chi connectivity index (χ3v) is 12.8. The van der Waals surface area contributed by atoms with Crippen molar-refractivity contribution >= 4 is 28.3 Å². The highest BCUT2D eigenvalue weighted by Crippen LogP contribution is 2.64. The Balaban J connectivity index is 1.82. The molecule has 2 unspecified atom stereocenters. The Kier molecular flexibility index (Phi) is 8.38. The molecule has 4 aromatic rings. The smallest absolute Gasteiger partial charge is 0.0934 e. The zero-order valence-corrected chi connectivity index (χ0v) is 27.0. The second-order valence-corrected chi connectivity index (χ2v) is 17.4. The van der Waals surface area contributed by atoms with Crippen LogP contribution in [0.4, 0.5) is 0 Å². The van der Waals surface area contributed by atoms with Gasteiger partial charge in [0.1, 0.15) is 0 Å². The van der Waals surface area contributed by atoms with Crippen LogP contribution in [-0.2, 0) is 5.16 Å². The maximum atomic E-state index is 4.87. The quantitative estimate of drug-likeness (QED) is 0.206. The largest absolute Gasteiger partial charge is 0.261 e. The zero-order chi connectivity index (χ0) is 29.3. The van der Waals surface area contributed by atoms with Crippen LogP contribution in [0.25, 0.3) is 11.1 Å². The van der Waals surface area contributed by atoms with Gasteiger partial charge in [0.05, 0.1) is 28.9 Å². The molecular formula is C35H40N4P2. The van der Waals surface area contributed by atoms with Crippen LogP contribution >= 0.6 is 17.2 Å². The van der Waals surface area contributed by atoms with Crippen LogP contribution in [0.3, 0.4) is 0 Å². The van der Waals surface area contributed by atoms with E-state index >= 15 is 0 Å². The van der Waals surface area contributed by atoms with Crippen LogP contribution in [0.15, 0.2) is 109 Å². The molecule has 0 spiro atoms. The van der Waals surface area contributed by atoms with Gasteiger partial charge < -0.3 is 0 Å². The Morgan fingerprint density at radius 3 is 1.61 bits per heavy atom. The van der Waals surface area contributed by atoms with Gasteiger partial charge in [-0.05, 0) is 44.3 Å². The SMILES string of the molecule is CC(C)(C)P(CC1C(C(P)(c2cnccn2)c2cnccn2)=CC(c2ccccc2)=C1c1ccccc1)C(C)(C)C. The molecule has 0 saturated carbocycles. The van der Waals surface area contributed by atoms with Gasteiger partial charge in [-0.1, -0.05) is 116 Å². The lowest BCUT2D eigenvalue weighted by atomic mass is 9.81. The predicted molar refractivity (Wildman–Crippen MR) is 177 cm³/mol. The molecule has 1 aliphatic carbocycles.